The lowest BCUT2D eigenvalue weighted by Crippen LogP contribution is -2.53. The Morgan fingerprint density at radius 1 is 1.22 bits per heavy atom. The zero-order chi connectivity index (χ0) is 17.8. The monoisotopic (exact) mass is 348 g/mol. The largest absolute Gasteiger partial charge is 0.494 e. The van der Waals surface area contributed by atoms with E-state index in [1.165, 1.54) is 27.0 Å². The number of hydrogen-bond donors (Lipinski definition) is 2. The second-order valence-corrected chi connectivity index (χ2v) is 6.59. The Morgan fingerprint density at radius 3 is 2.35 bits per heavy atom. The zero-order valence-electron chi connectivity index (χ0n) is 14.0. The van der Waals surface area contributed by atoms with E-state index in [9.17, 15) is 14.5 Å². The second kappa shape index (κ2) is 7.81. The number of rotatable bonds is 8. The van der Waals surface area contributed by atoms with Crippen LogP contribution in [0.3, 0.4) is 0 Å². The molecule has 2 N–H and O–H groups in total. The molecule has 0 atom stereocenters. The van der Waals surface area contributed by atoms with Crippen LogP contribution in [-0.4, -0.2) is 48.8 Å². The van der Waals surface area contributed by atoms with E-state index in [1.807, 2.05) is 0 Å². The predicted octanol–water partition coefficient (Wildman–Crippen LogP) is 1.76. The Hall–Kier alpha value is -0.855. The van der Waals surface area contributed by atoms with Gasteiger partial charge in [0.15, 0.2) is 0 Å². The van der Waals surface area contributed by atoms with Crippen LogP contribution in [0, 0.1) is 5.82 Å². The van der Waals surface area contributed by atoms with Crippen molar-refractivity contribution >= 4 is 24.2 Å². The number of methoxy groups -OCH3 is 1. The summed E-state index contributed by atoms with van der Waals surface area (Å²) in [4.78, 5) is 0. The Balaban J connectivity index is 3.00. The number of benzene rings is 1. The van der Waals surface area contributed by atoms with E-state index in [0.29, 0.717) is 6.61 Å². The molecule has 0 unspecified atom stereocenters. The minimum Gasteiger partial charge on any atom is -0.490 e. The van der Waals surface area contributed by atoms with Gasteiger partial charge in [-0.3, -0.25) is 0 Å². The van der Waals surface area contributed by atoms with E-state index in [4.69, 9.17) is 25.7 Å². The fraction of sp³-hybridized carbons (Fsp3) is 0.600. The molecule has 0 saturated carbocycles. The maximum absolute atomic E-state index is 14.1. The molecule has 1 aromatic carbocycles. The van der Waals surface area contributed by atoms with Gasteiger partial charge in [-0.25, -0.2) is 4.39 Å². The van der Waals surface area contributed by atoms with Crippen LogP contribution in [-0.2, 0) is 9.39 Å². The maximum Gasteiger partial charge on any atom is 0.494 e. The number of halogens is 2. The normalized spacial score (nSPS) is 12.4. The summed E-state index contributed by atoms with van der Waals surface area (Å²) < 4.78 is 29.8. The number of hydrogen-bond acceptors (Lipinski definition) is 5. The molecule has 0 radical (unpaired) electrons. The van der Waals surface area contributed by atoms with Crippen molar-refractivity contribution in [1.29, 1.82) is 0 Å². The van der Waals surface area contributed by atoms with Gasteiger partial charge in [-0.2, -0.15) is 0 Å². The highest BCUT2D eigenvalue weighted by Crippen LogP contribution is 2.27. The van der Waals surface area contributed by atoms with Gasteiger partial charge in [0, 0.05) is 12.6 Å². The van der Waals surface area contributed by atoms with Gasteiger partial charge in [-0.05, 0) is 39.8 Å². The summed E-state index contributed by atoms with van der Waals surface area (Å²) >= 11 is 5.92. The zero-order valence-corrected chi connectivity index (χ0v) is 14.8. The van der Waals surface area contributed by atoms with Crippen LogP contribution in [0.15, 0.2) is 12.1 Å². The number of aliphatic hydroxyl groups is 1. The molecule has 0 aliphatic rings. The minimum absolute atomic E-state index is 0.0799. The van der Waals surface area contributed by atoms with E-state index in [0.717, 1.165) is 6.07 Å². The molecule has 0 spiro atoms. The van der Waals surface area contributed by atoms with Gasteiger partial charge >= 0.3 is 7.12 Å². The first-order chi connectivity index (χ1) is 10.5. The van der Waals surface area contributed by atoms with Crippen LogP contribution in [0.5, 0.6) is 5.75 Å². The lowest BCUT2D eigenvalue weighted by molar-refractivity contribution is -0.0983. The standard InChI is InChI=1S/C15H23BClFO5/c1-14(2,19)15(3,4)23-16(20)10-8-13(22-7-6-21-5)11(17)9-12(10)18/h8-9,19-20H,6-7H2,1-5H3. The van der Waals surface area contributed by atoms with Gasteiger partial charge in [-0.15, -0.1) is 0 Å². The average Bonchev–Trinajstić information content (AvgIpc) is 2.39. The van der Waals surface area contributed by atoms with Crippen molar-refractivity contribution in [3.63, 3.8) is 0 Å². The molecule has 0 heterocycles. The molecule has 0 fully saturated rings. The van der Waals surface area contributed by atoms with Gasteiger partial charge in [0.1, 0.15) is 18.2 Å². The molecule has 5 nitrogen and oxygen atoms in total. The van der Waals surface area contributed by atoms with Crippen molar-refractivity contribution in [2.75, 3.05) is 20.3 Å². The molecule has 0 saturated heterocycles. The van der Waals surface area contributed by atoms with Crippen LogP contribution in [0.25, 0.3) is 0 Å². The van der Waals surface area contributed by atoms with Crippen LogP contribution in [0.2, 0.25) is 5.02 Å². The fourth-order valence-corrected chi connectivity index (χ4v) is 1.77. The van der Waals surface area contributed by atoms with E-state index in [-0.39, 0.29) is 22.8 Å². The van der Waals surface area contributed by atoms with E-state index < -0.39 is 24.1 Å². The first-order valence-corrected chi connectivity index (χ1v) is 7.56. The van der Waals surface area contributed by atoms with Crippen molar-refractivity contribution in [3.05, 3.63) is 23.0 Å². The first kappa shape index (κ1) is 20.2. The average molecular weight is 349 g/mol. The van der Waals surface area contributed by atoms with Gasteiger partial charge in [0.05, 0.1) is 22.8 Å². The van der Waals surface area contributed by atoms with Crippen molar-refractivity contribution in [1.82, 2.24) is 0 Å². The summed E-state index contributed by atoms with van der Waals surface area (Å²) in [5, 5.41) is 20.3. The smallest absolute Gasteiger partial charge is 0.490 e. The first-order valence-electron chi connectivity index (χ1n) is 7.18. The summed E-state index contributed by atoms with van der Waals surface area (Å²) in [5.41, 5.74) is -2.48. The van der Waals surface area contributed by atoms with Gasteiger partial charge in [-0.1, -0.05) is 11.6 Å². The highest BCUT2D eigenvalue weighted by molar-refractivity contribution is 6.60. The van der Waals surface area contributed by atoms with Gasteiger partial charge in [0.25, 0.3) is 0 Å². The Morgan fingerprint density at radius 2 is 1.83 bits per heavy atom. The molecule has 1 aromatic rings. The molecule has 130 valence electrons. The van der Waals surface area contributed by atoms with E-state index >= 15 is 0 Å². The Bertz CT molecular complexity index is 533. The van der Waals surface area contributed by atoms with Crippen LogP contribution in [0.1, 0.15) is 27.7 Å². The van der Waals surface area contributed by atoms with E-state index in [1.54, 1.807) is 13.8 Å². The lowest BCUT2D eigenvalue weighted by Gasteiger charge is -2.38. The van der Waals surface area contributed by atoms with Crippen LogP contribution < -0.4 is 10.2 Å². The molecule has 23 heavy (non-hydrogen) atoms. The predicted molar refractivity (Wildman–Crippen MR) is 87.8 cm³/mol. The van der Waals surface area contributed by atoms with E-state index in [2.05, 4.69) is 0 Å². The van der Waals surface area contributed by atoms with Crippen molar-refractivity contribution in [2.24, 2.45) is 0 Å². The molecular weight excluding hydrogens is 325 g/mol. The third-order valence-electron chi connectivity index (χ3n) is 3.74. The topological polar surface area (TPSA) is 68.2 Å². The summed E-state index contributed by atoms with van der Waals surface area (Å²) in [6.07, 6.45) is 0. The maximum atomic E-state index is 14.1. The molecule has 0 aliphatic carbocycles. The fourth-order valence-electron chi connectivity index (χ4n) is 1.57. The van der Waals surface area contributed by atoms with Crippen molar-refractivity contribution in [3.8, 4) is 5.75 Å². The van der Waals surface area contributed by atoms with Crippen molar-refractivity contribution < 1.29 is 28.6 Å². The molecule has 0 aromatic heterocycles. The summed E-state index contributed by atoms with van der Waals surface area (Å²) in [6.45, 7) is 6.84. The lowest BCUT2D eigenvalue weighted by atomic mass is 9.76. The summed E-state index contributed by atoms with van der Waals surface area (Å²) in [5.74, 6) is -0.517. The minimum atomic E-state index is -1.58. The second-order valence-electron chi connectivity index (χ2n) is 6.18. The summed E-state index contributed by atoms with van der Waals surface area (Å²) in [7, 11) is -0.0596. The van der Waals surface area contributed by atoms with Crippen LogP contribution >= 0.6 is 11.6 Å². The summed E-state index contributed by atoms with van der Waals surface area (Å²) in [6, 6.07) is 2.32. The quantitative estimate of drug-likeness (QED) is 0.553. The molecule has 0 bridgehead atoms. The third kappa shape index (κ3) is 5.33. The van der Waals surface area contributed by atoms with Crippen LogP contribution in [0.4, 0.5) is 4.39 Å². The molecule has 0 amide bonds. The molecule has 1 rings (SSSR count). The van der Waals surface area contributed by atoms with Gasteiger partial charge in [0.2, 0.25) is 0 Å². The van der Waals surface area contributed by atoms with Gasteiger partial charge < -0.3 is 24.3 Å². The van der Waals surface area contributed by atoms with Crippen molar-refractivity contribution in [2.45, 2.75) is 38.9 Å². The number of ether oxygens (including phenoxy) is 2. The third-order valence-corrected chi connectivity index (χ3v) is 4.04. The molecule has 0 aliphatic heterocycles. The molecule has 8 heteroatoms. The molecular formula is C15H23BClFO5. The Kier molecular flexibility index (Phi) is 6.86. The SMILES string of the molecule is COCCOc1cc(B(O)OC(C)(C)C(C)(C)O)c(F)cc1Cl. The highest BCUT2D eigenvalue weighted by atomic mass is 35.5. The Labute approximate surface area is 141 Å². The highest BCUT2D eigenvalue weighted by Gasteiger charge is 2.40.